The number of anilines is 1. The van der Waals surface area contributed by atoms with Gasteiger partial charge in [-0.15, -0.1) is 11.8 Å². The van der Waals surface area contributed by atoms with Crippen LogP contribution in [0.4, 0.5) is 5.69 Å². The highest BCUT2D eigenvalue weighted by atomic mass is 32.2. The lowest BCUT2D eigenvalue weighted by Crippen LogP contribution is -2.31. The summed E-state index contributed by atoms with van der Waals surface area (Å²) >= 11 is 1.84. The molecule has 0 fully saturated rings. The minimum Gasteiger partial charge on any atom is -0.381 e. The lowest BCUT2D eigenvalue weighted by Gasteiger charge is -2.31. The van der Waals surface area contributed by atoms with E-state index in [0.717, 1.165) is 0 Å². The van der Waals surface area contributed by atoms with Crippen LogP contribution in [0.5, 0.6) is 0 Å². The molecule has 1 aliphatic rings. The molecule has 2 atom stereocenters. The zero-order valence-corrected chi connectivity index (χ0v) is 11.3. The first kappa shape index (κ1) is 12.3. The van der Waals surface area contributed by atoms with Gasteiger partial charge in [0.2, 0.25) is 0 Å². The van der Waals surface area contributed by atoms with Crippen LogP contribution >= 0.6 is 11.8 Å². The molecule has 90 valence electrons. The molecule has 1 N–H and O–H groups in total. The van der Waals surface area contributed by atoms with Gasteiger partial charge >= 0.3 is 0 Å². The zero-order valence-electron chi connectivity index (χ0n) is 10.5. The van der Waals surface area contributed by atoms with E-state index >= 15 is 0 Å². The number of fused-ring (bicyclic) bond motifs is 1. The molecule has 0 bridgehead atoms. The number of benzene rings is 1. The van der Waals surface area contributed by atoms with Gasteiger partial charge in [-0.3, -0.25) is 0 Å². The van der Waals surface area contributed by atoms with E-state index in [-0.39, 0.29) is 0 Å². The molecule has 1 aromatic rings. The Labute approximate surface area is 107 Å². The van der Waals surface area contributed by atoms with Crippen molar-refractivity contribution in [2.75, 3.05) is 5.32 Å². The fourth-order valence-corrected chi connectivity index (χ4v) is 3.24. The normalized spacial score (nSPS) is 22.8. The van der Waals surface area contributed by atoms with Gasteiger partial charge < -0.3 is 5.32 Å². The van der Waals surface area contributed by atoms with E-state index in [2.05, 4.69) is 50.4 Å². The quantitative estimate of drug-likeness (QED) is 0.856. The molecule has 2 nitrogen and oxygen atoms in total. The Balaban J connectivity index is 2.27. The molecule has 0 spiro atoms. The Morgan fingerprint density at radius 2 is 2.24 bits per heavy atom. The maximum absolute atomic E-state index is 8.84. The van der Waals surface area contributed by atoms with Gasteiger partial charge in [0.1, 0.15) is 0 Å². The van der Waals surface area contributed by atoms with Crippen LogP contribution in [0.25, 0.3) is 0 Å². The van der Waals surface area contributed by atoms with E-state index in [9.17, 15) is 0 Å². The standard InChI is InChI=1S/C14H18N2S/c1-9(2)11-4-5-12-14(8-11)17-13(6-7-15)10(3)16-12/h4-5,8-10,13,16H,6H2,1-3H3. The molecule has 0 radical (unpaired) electrons. The summed E-state index contributed by atoms with van der Waals surface area (Å²) in [5.41, 5.74) is 2.57. The van der Waals surface area contributed by atoms with E-state index in [4.69, 9.17) is 5.26 Å². The Bertz CT molecular complexity index is 448. The zero-order chi connectivity index (χ0) is 12.4. The lowest BCUT2D eigenvalue weighted by molar-refractivity contribution is 0.728. The summed E-state index contributed by atoms with van der Waals surface area (Å²) in [5, 5.41) is 12.7. The molecular formula is C14H18N2S. The van der Waals surface area contributed by atoms with Gasteiger partial charge in [0.15, 0.2) is 0 Å². The third-order valence-electron chi connectivity index (χ3n) is 3.18. The van der Waals surface area contributed by atoms with Gasteiger partial charge in [0, 0.05) is 28.3 Å². The van der Waals surface area contributed by atoms with Crippen molar-refractivity contribution in [2.45, 2.75) is 49.3 Å². The molecule has 0 aromatic heterocycles. The molecule has 1 aromatic carbocycles. The minimum atomic E-state index is 0.356. The summed E-state index contributed by atoms with van der Waals surface area (Å²) in [6, 6.07) is 9.24. The van der Waals surface area contributed by atoms with Crippen LogP contribution < -0.4 is 5.32 Å². The summed E-state index contributed by atoms with van der Waals surface area (Å²) < 4.78 is 0. The first-order valence-corrected chi connectivity index (χ1v) is 6.94. The Morgan fingerprint density at radius 1 is 1.47 bits per heavy atom. The second kappa shape index (κ2) is 5.01. The third kappa shape index (κ3) is 2.58. The van der Waals surface area contributed by atoms with E-state index in [1.165, 1.54) is 16.1 Å². The summed E-state index contributed by atoms with van der Waals surface area (Å²) in [6.07, 6.45) is 0.601. The monoisotopic (exact) mass is 246 g/mol. The maximum atomic E-state index is 8.84. The number of nitrogens with zero attached hydrogens (tertiary/aromatic N) is 1. The highest BCUT2D eigenvalue weighted by Crippen LogP contribution is 2.40. The fraction of sp³-hybridized carbons (Fsp3) is 0.500. The van der Waals surface area contributed by atoms with Crippen LogP contribution in [-0.4, -0.2) is 11.3 Å². The average Bonchev–Trinajstić information content (AvgIpc) is 2.29. The third-order valence-corrected chi connectivity index (χ3v) is 4.65. The molecule has 0 saturated carbocycles. The van der Waals surface area contributed by atoms with Crippen LogP contribution in [0.2, 0.25) is 0 Å². The van der Waals surface area contributed by atoms with Crippen molar-refractivity contribution in [3.05, 3.63) is 23.8 Å². The Morgan fingerprint density at radius 3 is 2.88 bits per heavy atom. The van der Waals surface area contributed by atoms with E-state index < -0.39 is 0 Å². The Hall–Kier alpha value is -1.14. The highest BCUT2D eigenvalue weighted by Gasteiger charge is 2.25. The molecule has 1 aliphatic heterocycles. The summed E-state index contributed by atoms with van der Waals surface area (Å²) in [6.45, 7) is 6.56. The predicted molar refractivity (Wildman–Crippen MR) is 73.5 cm³/mol. The number of rotatable bonds is 2. The van der Waals surface area contributed by atoms with Crippen molar-refractivity contribution in [3.8, 4) is 6.07 Å². The smallest absolute Gasteiger partial charge is 0.0634 e. The highest BCUT2D eigenvalue weighted by molar-refractivity contribution is 8.00. The second-order valence-corrected chi connectivity index (χ2v) is 6.14. The van der Waals surface area contributed by atoms with Crippen molar-refractivity contribution < 1.29 is 0 Å². The molecule has 0 amide bonds. The van der Waals surface area contributed by atoms with E-state index in [0.29, 0.717) is 23.6 Å². The first-order valence-electron chi connectivity index (χ1n) is 6.06. The summed E-state index contributed by atoms with van der Waals surface area (Å²) in [4.78, 5) is 1.29. The molecule has 3 heteroatoms. The van der Waals surface area contributed by atoms with Crippen LogP contribution in [0.15, 0.2) is 23.1 Å². The van der Waals surface area contributed by atoms with Gasteiger partial charge in [0.05, 0.1) is 6.07 Å². The topological polar surface area (TPSA) is 35.8 Å². The largest absolute Gasteiger partial charge is 0.381 e. The Kier molecular flexibility index (Phi) is 3.63. The summed E-state index contributed by atoms with van der Waals surface area (Å²) in [5.74, 6) is 0.551. The van der Waals surface area contributed by atoms with Crippen molar-refractivity contribution in [1.82, 2.24) is 0 Å². The van der Waals surface area contributed by atoms with Crippen LogP contribution in [0, 0.1) is 11.3 Å². The number of thioether (sulfide) groups is 1. The molecular weight excluding hydrogens is 228 g/mol. The number of hydrogen-bond acceptors (Lipinski definition) is 3. The SMILES string of the molecule is CC(C)c1ccc2c(c1)SC(CC#N)C(C)N2. The van der Waals surface area contributed by atoms with Crippen LogP contribution in [0.1, 0.15) is 38.7 Å². The maximum Gasteiger partial charge on any atom is 0.0634 e. The number of nitriles is 1. The molecule has 0 aliphatic carbocycles. The lowest BCUT2D eigenvalue weighted by atomic mass is 10.0. The molecule has 17 heavy (non-hydrogen) atoms. The van der Waals surface area contributed by atoms with Gasteiger partial charge in [-0.25, -0.2) is 0 Å². The minimum absolute atomic E-state index is 0.356. The van der Waals surface area contributed by atoms with Crippen LogP contribution in [-0.2, 0) is 0 Å². The van der Waals surface area contributed by atoms with E-state index in [1.54, 1.807) is 0 Å². The molecule has 2 rings (SSSR count). The summed E-state index contributed by atoms with van der Waals surface area (Å²) in [7, 11) is 0. The van der Waals surface area contributed by atoms with E-state index in [1.807, 2.05) is 11.8 Å². The van der Waals surface area contributed by atoms with Gasteiger partial charge in [-0.1, -0.05) is 19.9 Å². The molecule has 1 heterocycles. The molecule has 0 saturated heterocycles. The van der Waals surface area contributed by atoms with Crippen molar-refractivity contribution in [1.29, 1.82) is 5.26 Å². The van der Waals surface area contributed by atoms with Crippen molar-refractivity contribution >= 4 is 17.4 Å². The van der Waals surface area contributed by atoms with Gasteiger partial charge in [-0.05, 0) is 30.5 Å². The van der Waals surface area contributed by atoms with Gasteiger partial charge in [-0.2, -0.15) is 5.26 Å². The van der Waals surface area contributed by atoms with Crippen molar-refractivity contribution in [2.24, 2.45) is 0 Å². The average molecular weight is 246 g/mol. The number of nitrogens with one attached hydrogen (secondary N) is 1. The first-order chi connectivity index (χ1) is 8.11. The van der Waals surface area contributed by atoms with Gasteiger partial charge in [0.25, 0.3) is 0 Å². The van der Waals surface area contributed by atoms with Crippen LogP contribution in [0.3, 0.4) is 0 Å². The number of hydrogen-bond donors (Lipinski definition) is 1. The predicted octanol–water partition coefficient (Wildman–Crippen LogP) is 4.00. The second-order valence-electron chi connectivity index (χ2n) is 4.86. The fourth-order valence-electron chi connectivity index (χ4n) is 2.03. The molecule has 2 unspecified atom stereocenters. The van der Waals surface area contributed by atoms with Crippen molar-refractivity contribution in [3.63, 3.8) is 0 Å².